The van der Waals surface area contributed by atoms with Crippen molar-refractivity contribution in [1.82, 2.24) is 9.97 Å². The summed E-state index contributed by atoms with van der Waals surface area (Å²) in [6, 6.07) is 1.47. The third-order valence-corrected chi connectivity index (χ3v) is 4.93. The molecule has 0 bridgehead atoms. The van der Waals surface area contributed by atoms with Gasteiger partial charge in [0, 0.05) is 25.4 Å². The zero-order valence-electron chi connectivity index (χ0n) is 11.9. The lowest BCUT2D eigenvalue weighted by Gasteiger charge is -2.17. The van der Waals surface area contributed by atoms with E-state index in [4.69, 9.17) is 0 Å². The number of nitrogens with zero attached hydrogens (tertiary/aromatic N) is 3. The Hall–Kier alpha value is -1.14. The highest BCUT2D eigenvalue weighted by Crippen LogP contribution is 2.33. The molecule has 0 N–H and O–H groups in total. The zero-order chi connectivity index (χ0) is 14.5. The van der Waals surface area contributed by atoms with E-state index < -0.39 is 0 Å². The fourth-order valence-electron chi connectivity index (χ4n) is 1.94. The molecule has 0 fully saturated rings. The summed E-state index contributed by atoms with van der Waals surface area (Å²) in [5, 5.41) is 1.96. The maximum atomic E-state index is 13.2. The smallest absolute Gasteiger partial charge is 0.142 e. The normalized spacial score (nSPS) is 10.8. The van der Waals surface area contributed by atoms with Gasteiger partial charge in [0.15, 0.2) is 0 Å². The lowest BCUT2D eigenvalue weighted by atomic mass is 10.3. The maximum absolute atomic E-state index is 13.2. The average Bonchev–Trinajstić information content (AvgIpc) is 2.81. The van der Waals surface area contributed by atoms with Crippen LogP contribution < -0.4 is 4.90 Å². The summed E-state index contributed by atoms with van der Waals surface area (Å²) in [6.07, 6.45) is 6.12. The van der Waals surface area contributed by atoms with Crippen LogP contribution in [0.2, 0.25) is 0 Å². The SMILES string of the molecule is CSCCCN(C)c1sc(-c2cncc(F)c2)nc1C. The molecule has 3 nitrogen and oxygen atoms in total. The number of anilines is 1. The van der Waals surface area contributed by atoms with Crippen LogP contribution in [0.3, 0.4) is 0 Å². The van der Waals surface area contributed by atoms with Crippen molar-refractivity contribution < 1.29 is 4.39 Å². The number of thiazole rings is 1. The van der Waals surface area contributed by atoms with E-state index >= 15 is 0 Å². The molecule has 0 amide bonds. The molecular weight excluding hydrogens is 293 g/mol. The second-order valence-electron chi connectivity index (χ2n) is 4.57. The van der Waals surface area contributed by atoms with Crippen LogP contribution in [0.4, 0.5) is 9.39 Å². The van der Waals surface area contributed by atoms with Gasteiger partial charge in [0.25, 0.3) is 0 Å². The molecule has 20 heavy (non-hydrogen) atoms. The zero-order valence-corrected chi connectivity index (χ0v) is 13.5. The molecule has 2 heterocycles. The third kappa shape index (κ3) is 3.70. The van der Waals surface area contributed by atoms with E-state index in [1.54, 1.807) is 17.5 Å². The van der Waals surface area contributed by atoms with Crippen LogP contribution in [0.25, 0.3) is 10.6 Å². The van der Waals surface area contributed by atoms with Gasteiger partial charge in [-0.25, -0.2) is 9.37 Å². The predicted molar refractivity (Wildman–Crippen MR) is 86.3 cm³/mol. The highest BCUT2D eigenvalue weighted by atomic mass is 32.2. The molecule has 0 saturated carbocycles. The molecule has 0 atom stereocenters. The number of halogens is 1. The van der Waals surface area contributed by atoms with Gasteiger partial charge < -0.3 is 4.90 Å². The second-order valence-corrected chi connectivity index (χ2v) is 6.53. The fraction of sp³-hybridized carbons (Fsp3) is 0.429. The summed E-state index contributed by atoms with van der Waals surface area (Å²) in [4.78, 5) is 10.6. The maximum Gasteiger partial charge on any atom is 0.142 e. The van der Waals surface area contributed by atoms with Crippen LogP contribution in [-0.4, -0.2) is 35.6 Å². The van der Waals surface area contributed by atoms with Gasteiger partial charge in [-0.15, -0.1) is 0 Å². The van der Waals surface area contributed by atoms with Crippen LogP contribution in [0, 0.1) is 12.7 Å². The molecular formula is C14H18FN3S2. The van der Waals surface area contributed by atoms with E-state index in [1.807, 2.05) is 18.7 Å². The van der Waals surface area contributed by atoms with Gasteiger partial charge in [0.1, 0.15) is 15.8 Å². The molecule has 2 aromatic heterocycles. The second kappa shape index (κ2) is 7.04. The molecule has 0 aromatic carbocycles. The molecule has 108 valence electrons. The van der Waals surface area contributed by atoms with Gasteiger partial charge in [0.05, 0.1) is 11.9 Å². The molecule has 6 heteroatoms. The first-order valence-electron chi connectivity index (χ1n) is 6.40. The number of pyridine rings is 1. The van der Waals surface area contributed by atoms with Crippen LogP contribution >= 0.6 is 23.1 Å². The first-order valence-corrected chi connectivity index (χ1v) is 8.61. The van der Waals surface area contributed by atoms with Gasteiger partial charge in [-0.1, -0.05) is 11.3 Å². The predicted octanol–water partition coefficient (Wildman–Crippen LogP) is 3.84. The topological polar surface area (TPSA) is 29.0 Å². The van der Waals surface area contributed by atoms with Crippen LogP contribution in [0.5, 0.6) is 0 Å². The first-order chi connectivity index (χ1) is 9.61. The van der Waals surface area contributed by atoms with Gasteiger partial charge in [-0.2, -0.15) is 11.8 Å². The molecule has 0 unspecified atom stereocenters. The molecule has 2 rings (SSSR count). The van der Waals surface area contributed by atoms with E-state index in [-0.39, 0.29) is 5.82 Å². The number of thioether (sulfide) groups is 1. The minimum absolute atomic E-state index is 0.328. The van der Waals surface area contributed by atoms with Crippen molar-refractivity contribution in [1.29, 1.82) is 0 Å². The molecule has 0 aliphatic heterocycles. The summed E-state index contributed by atoms with van der Waals surface area (Å²) in [5.41, 5.74) is 1.72. The van der Waals surface area contributed by atoms with E-state index in [9.17, 15) is 4.39 Å². The van der Waals surface area contributed by atoms with Crippen LogP contribution in [0.15, 0.2) is 18.5 Å². The summed E-state index contributed by atoms with van der Waals surface area (Å²) in [6.45, 7) is 3.00. The van der Waals surface area contributed by atoms with Crippen molar-refractivity contribution in [3.8, 4) is 10.6 Å². The lowest BCUT2D eigenvalue weighted by molar-refractivity contribution is 0.622. The molecule has 0 aliphatic carbocycles. The van der Waals surface area contributed by atoms with Gasteiger partial charge in [0.2, 0.25) is 0 Å². The molecule has 0 radical (unpaired) electrons. The summed E-state index contributed by atoms with van der Waals surface area (Å²) in [7, 11) is 2.08. The van der Waals surface area contributed by atoms with Gasteiger partial charge in [-0.3, -0.25) is 4.98 Å². The van der Waals surface area contributed by atoms with Crippen molar-refractivity contribution in [2.45, 2.75) is 13.3 Å². The molecule has 0 spiro atoms. The minimum Gasteiger partial charge on any atom is -0.365 e. The van der Waals surface area contributed by atoms with Crippen LogP contribution in [0.1, 0.15) is 12.1 Å². The number of aryl methyl sites for hydroxylation is 1. The summed E-state index contributed by atoms with van der Waals surface area (Å²) < 4.78 is 13.2. The van der Waals surface area contributed by atoms with E-state index in [1.165, 1.54) is 12.3 Å². The number of aromatic nitrogens is 2. The Morgan fingerprint density at radius 3 is 2.90 bits per heavy atom. The average molecular weight is 311 g/mol. The van der Waals surface area contributed by atoms with Gasteiger partial charge in [-0.05, 0) is 31.4 Å². The standard InChI is InChI=1S/C14H18FN3S2/c1-10-14(18(2)5-4-6-19-3)20-13(17-10)11-7-12(15)9-16-8-11/h7-9H,4-6H2,1-3H3. The minimum atomic E-state index is -0.328. The molecule has 0 aliphatic rings. The Morgan fingerprint density at radius 2 is 2.20 bits per heavy atom. The molecule has 2 aromatic rings. The number of hydrogen-bond donors (Lipinski definition) is 0. The highest BCUT2D eigenvalue weighted by Gasteiger charge is 2.13. The Bertz CT molecular complexity index is 571. The van der Waals surface area contributed by atoms with Crippen LogP contribution in [-0.2, 0) is 0 Å². The monoisotopic (exact) mass is 311 g/mol. The Balaban J connectivity index is 2.17. The van der Waals surface area contributed by atoms with E-state index in [0.29, 0.717) is 0 Å². The van der Waals surface area contributed by atoms with Crippen molar-refractivity contribution >= 4 is 28.1 Å². The highest BCUT2D eigenvalue weighted by molar-refractivity contribution is 7.98. The van der Waals surface area contributed by atoms with E-state index in [0.717, 1.165) is 40.0 Å². The van der Waals surface area contributed by atoms with E-state index in [2.05, 4.69) is 28.2 Å². The van der Waals surface area contributed by atoms with Crippen molar-refractivity contribution in [2.75, 3.05) is 30.5 Å². The Kier molecular flexibility index (Phi) is 5.37. The van der Waals surface area contributed by atoms with Crippen molar-refractivity contribution in [3.63, 3.8) is 0 Å². The number of hydrogen-bond acceptors (Lipinski definition) is 5. The summed E-state index contributed by atoms with van der Waals surface area (Å²) in [5.74, 6) is 0.827. The first kappa shape index (κ1) is 15.3. The summed E-state index contributed by atoms with van der Waals surface area (Å²) >= 11 is 3.45. The number of rotatable bonds is 6. The van der Waals surface area contributed by atoms with Crippen molar-refractivity contribution in [3.05, 3.63) is 30.0 Å². The third-order valence-electron chi connectivity index (χ3n) is 2.91. The molecule has 0 saturated heterocycles. The fourth-order valence-corrected chi connectivity index (χ4v) is 3.40. The lowest BCUT2D eigenvalue weighted by Crippen LogP contribution is -2.18. The van der Waals surface area contributed by atoms with Crippen molar-refractivity contribution in [2.24, 2.45) is 0 Å². The Morgan fingerprint density at radius 1 is 1.40 bits per heavy atom. The van der Waals surface area contributed by atoms with Gasteiger partial charge >= 0.3 is 0 Å². The Labute approximate surface area is 127 Å². The largest absolute Gasteiger partial charge is 0.365 e. The quantitative estimate of drug-likeness (QED) is 0.758.